The maximum Gasteiger partial charge on any atom is 0.255 e. The molecule has 6 heterocycles. The first-order valence-corrected chi connectivity index (χ1v) is 27.7. The van der Waals surface area contributed by atoms with Crippen LogP contribution < -0.4 is 20.6 Å². The molecule has 21 heteroatoms. The van der Waals surface area contributed by atoms with Gasteiger partial charge in [0.1, 0.15) is 47.2 Å². The highest BCUT2D eigenvalue weighted by Crippen LogP contribution is 2.33. The van der Waals surface area contributed by atoms with Crippen molar-refractivity contribution in [1.82, 2.24) is 28.1 Å². The summed E-state index contributed by atoms with van der Waals surface area (Å²) >= 11 is 3.11. The van der Waals surface area contributed by atoms with Crippen molar-refractivity contribution in [2.24, 2.45) is 11.8 Å². The van der Waals surface area contributed by atoms with Crippen LogP contribution in [0.3, 0.4) is 0 Å². The molecule has 0 spiro atoms. The zero-order chi connectivity index (χ0) is 51.9. The van der Waals surface area contributed by atoms with Crippen LogP contribution in [0.1, 0.15) is 90.8 Å². The minimum absolute atomic E-state index is 0.0888. The standard InChI is InChI=1S/C26H26FN3O5S.C19H17BrFN3O5S.C7H10/c1-34-25-14-19(7-6-18-4-2-3-5-18)22(27)15-24(25)30-23-10-12-29(16-20(23)8-9-26(30)31)36(32,33)17-21-11-13-35-28-21;1-28-18-8-14(20)15(21)9-17(18)24-16-4-6-23(10-12(16)2-3-19(24)25)30(26,27)11-13-5-7-29-22-13;1-2-7-5-3-4-6-7/h8-9,11,13-15,18H,2-5,10,12,16-17H2,1H3;2-3,5,7-9H,4,6,10-11H2,1H3;1,7H,3-6H2. The molecule has 6 aromatic rings. The summed E-state index contributed by atoms with van der Waals surface area (Å²) in [5.41, 5.74) is 3.26. The quantitative estimate of drug-likeness (QED) is 0.121. The molecule has 2 aromatic carbocycles. The second kappa shape index (κ2) is 23.2. The topological polar surface area (TPSA) is 189 Å². The third-order valence-corrected chi connectivity index (χ3v) is 17.4. The number of ether oxygens (including phenoxy) is 2. The number of rotatable bonds is 10. The van der Waals surface area contributed by atoms with E-state index in [4.69, 9.17) is 24.9 Å². The van der Waals surface area contributed by atoms with Gasteiger partial charge in [-0.05, 0) is 58.8 Å². The molecule has 10 rings (SSSR count). The Morgan fingerprint density at radius 1 is 0.685 bits per heavy atom. The van der Waals surface area contributed by atoms with Crippen LogP contribution in [-0.4, -0.2) is 72.2 Å². The summed E-state index contributed by atoms with van der Waals surface area (Å²) in [6.45, 7) is 0.535. The van der Waals surface area contributed by atoms with Gasteiger partial charge >= 0.3 is 0 Å². The van der Waals surface area contributed by atoms with Crippen molar-refractivity contribution in [3.8, 4) is 47.1 Å². The van der Waals surface area contributed by atoms with Gasteiger partial charge in [0, 0.05) is 105 Å². The molecule has 0 bridgehead atoms. The van der Waals surface area contributed by atoms with E-state index in [-0.39, 0.29) is 89.0 Å². The number of aromatic nitrogens is 4. The largest absolute Gasteiger partial charge is 0.495 e. The summed E-state index contributed by atoms with van der Waals surface area (Å²) in [7, 11) is -4.39. The highest BCUT2D eigenvalue weighted by molar-refractivity contribution is 9.10. The zero-order valence-corrected chi connectivity index (χ0v) is 43.4. The van der Waals surface area contributed by atoms with Gasteiger partial charge in [0.2, 0.25) is 20.0 Å². The summed E-state index contributed by atoms with van der Waals surface area (Å²) in [5, 5.41) is 7.35. The lowest BCUT2D eigenvalue weighted by molar-refractivity contribution is 0.379. The Labute approximate surface area is 430 Å². The lowest BCUT2D eigenvalue weighted by Crippen LogP contribution is -2.39. The average Bonchev–Trinajstić information content (AvgIpc) is 4.25. The van der Waals surface area contributed by atoms with Gasteiger partial charge in [-0.2, -0.15) is 8.61 Å². The van der Waals surface area contributed by atoms with E-state index in [1.54, 1.807) is 12.1 Å². The summed E-state index contributed by atoms with van der Waals surface area (Å²) in [6, 6.07) is 14.4. The highest BCUT2D eigenvalue weighted by atomic mass is 79.9. The number of nitrogens with zero attached hydrogens (tertiary/aromatic N) is 6. The molecule has 73 heavy (non-hydrogen) atoms. The van der Waals surface area contributed by atoms with Crippen LogP contribution in [0.15, 0.2) is 96.3 Å². The highest BCUT2D eigenvalue weighted by Gasteiger charge is 2.32. The minimum Gasteiger partial charge on any atom is -0.495 e. The normalized spacial score (nSPS) is 16.2. The van der Waals surface area contributed by atoms with E-state index in [1.165, 1.54) is 119 Å². The summed E-state index contributed by atoms with van der Waals surface area (Å²) in [6.07, 6.45) is 18.0. The van der Waals surface area contributed by atoms with Gasteiger partial charge < -0.3 is 18.5 Å². The minimum atomic E-state index is -3.65. The molecule has 0 unspecified atom stereocenters. The number of pyridine rings is 2. The molecule has 384 valence electrons. The molecular weight excluding hydrogens is 1050 g/mol. The van der Waals surface area contributed by atoms with Crippen LogP contribution in [0.2, 0.25) is 0 Å². The Morgan fingerprint density at radius 2 is 1.15 bits per heavy atom. The van der Waals surface area contributed by atoms with Crippen molar-refractivity contribution in [2.75, 3.05) is 27.3 Å². The molecule has 0 amide bonds. The van der Waals surface area contributed by atoms with Crippen molar-refractivity contribution in [3.05, 3.63) is 149 Å². The Morgan fingerprint density at radius 3 is 1.59 bits per heavy atom. The molecule has 0 N–H and O–H groups in total. The second-order valence-corrected chi connectivity index (χ2v) is 22.8. The van der Waals surface area contributed by atoms with Gasteiger partial charge in [-0.3, -0.25) is 18.7 Å². The second-order valence-electron chi connectivity index (χ2n) is 18.0. The first-order valence-electron chi connectivity index (χ1n) is 23.7. The van der Waals surface area contributed by atoms with Gasteiger partial charge in [-0.15, -0.1) is 12.3 Å². The number of benzene rings is 2. The first-order chi connectivity index (χ1) is 35.1. The monoisotopic (exact) mass is 1100 g/mol. The SMILES string of the molecule is C#CC1CCCC1.COc1cc(Br)c(F)cc1-n1c2c(ccc1=O)CN(S(=O)(=O)Cc1ccon1)CC2.COc1cc(C#CC2CCCC2)c(F)cc1-n1c2c(ccc1=O)CN(S(=O)(=O)Cc1ccon1)CC2. The van der Waals surface area contributed by atoms with Gasteiger partial charge in [0.25, 0.3) is 11.1 Å². The van der Waals surface area contributed by atoms with Crippen LogP contribution in [0.4, 0.5) is 8.78 Å². The fourth-order valence-electron chi connectivity index (χ4n) is 9.43. The fourth-order valence-corrected chi connectivity index (χ4v) is 12.6. The third-order valence-electron chi connectivity index (χ3n) is 13.2. The molecule has 0 saturated heterocycles. The number of sulfonamides is 2. The number of fused-ring (bicyclic) bond motifs is 2. The Bertz CT molecular complexity index is 3410. The lowest BCUT2D eigenvalue weighted by atomic mass is 10.0. The molecule has 2 aliphatic heterocycles. The number of halogens is 3. The number of hydrogen-bond acceptors (Lipinski definition) is 12. The molecule has 4 aliphatic rings. The molecule has 2 aliphatic carbocycles. The first kappa shape index (κ1) is 52.9. The van der Waals surface area contributed by atoms with E-state index in [0.29, 0.717) is 51.3 Å². The van der Waals surface area contributed by atoms with Crippen molar-refractivity contribution in [2.45, 2.75) is 88.8 Å². The van der Waals surface area contributed by atoms with Crippen LogP contribution in [0, 0.1) is 47.7 Å². The van der Waals surface area contributed by atoms with E-state index >= 15 is 4.39 Å². The fraction of sp³-hybridized carbons (Fsp3) is 0.385. The van der Waals surface area contributed by atoms with E-state index in [1.807, 2.05) is 0 Å². The van der Waals surface area contributed by atoms with Crippen molar-refractivity contribution in [3.63, 3.8) is 0 Å². The van der Waals surface area contributed by atoms with E-state index < -0.39 is 31.7 Å². The van der Waals surface area contributed by atoms with E-state index in [2.05, 4.69) is 44.0 Å². The Kier molecular flexibility index (Phi) is 16.9. The molecule has 4 aromatic heterocycles. The predicted molar refractivity (Wildman–Crippen MR) is 271 cm³/mol. The average molecular weight is 1100 g/mol. The summed E-state index contributed by atoms with van der Waals surface area (Å²) < 4.78 is 107. The van der Waals surface area contributed by atoms with Crippen LogP contribution in [0.5, 0.6) is 11.5 Å². The van der Waals surface area contributed by atoms with Crippen molar-refractivity contribution < 1.29 is 44.1 Å². The van der Waals surface area contributed by atoms with Crippen molar-refractivity contribution >= 4 is 36.0 Å². The van der Waals surface area contributed by atoms with Gasteiger partial charge in [0.05, 0.1) is 47.0 Å². The summed E-state index contributed by atoms with van der Waals surface area (Å²) in [4.78, 5) is 25.6. The Hall–Kier alpha value is -6.36. The van der Waals surface area contributed by atoms with Crippen LogP contribution in [0.25, 0.3) is 11.4 Å². The molecule has 2 saturated carbocycles. The van der Waals surface area contributed by atoms with E-state index in [9.17, 15) is 30.8 Å². The number of methoxy groups -OCH3 is 2. The smallest absolute Gasteiger partial charge is 0.255 e. The van der Waals surface area contributed by atoms with Gasteiger partial charge in [-0.1, -0.05) is 60.0 Å². The van der Waals surface area contributed by atoms with Crippen LogP contribution in [-0.2, 0) is 57.5 Å². The Balaban J connectivity index is 0.000000174. The maximum atomic E-state index is 15.1. The molecule has 0 atom stereocenters. The number of hydrogen-bond donors (Lipinski definition) is 0. The molecule has 0 radical (unpaired) electrons. The number of terminal acetylenes is 1. The predicted octanol–water partition coefficient (Wildman–Crippen LogP) is 7.84. The third kappa shape index (κ3) is 12.4. The summed E-state index contributed by atoms with van der Waals surface area (Å²) in [5.74, 6) is 8.79. The van der Waals surface area contributed by atoms with Crippen LogP contribution >= 0.6 is 15.9 Å². The molecule has 2 fully saturated rings. The van der Waals surface area contributed by atoms with E-state index in [0.717, 1.165) is 25.7 Å². The molecular formula is C52H53BrF2N6O10S2. The van der Waals surface area contributed by atoms with Gasteiger partial charge in [-0.25, -0.2) is 25.6 Å². The van der Waals surface area contributed by atoms with Gasteiger partial charge in [0.15, 0.2) is 0 Å². The molecule has 16 nitrogen and oxygen atoms in total. The zero-order valence-electron chi connectivity index (χ0n) is 40.2. The van der Waals surface area contributed by atoms with Crippen molar-refractivity contribution in [1.29, 1.82) is 0 Å². The maximum absolute atomic E-state index is 15.1. The lowest BCUT2D eigenvalue weighted by Gasteiger charge is -2.30.